The highest BCUT2D eigenvalue weighted by Crippen LogP contribution is 2.41. The molecule has 6 N–H and O–H groups in total. The van der Waals surface area contributed by atoms with E-state index in [4.69, 9.17) is 24.1 Å². The van der Waals surface area contributed by atoms with Gasteiger partial charge >= 0.3 is 5.97 Å². The Morgan fingerprint density at radius 2 is 1.81 bits per heavy atom. The molecule has 1 saturated heterocycles. The van der Waals surface area contributed by atoms with Gasteiger partial charge in [-0.25, -0.2) is 4.79 Å². The largest absolute Gasteiger partial charge is 0.472 e. The van der Waals surface area contributed by atoms with Crippen molar-refractivity contribution in [1.29, 1.82) is 0 Å². The van der Waals surface area contributed by atoms with E-state index in [9.17, 15) is 30.3 Å². The topological polar surface area (TPSA) is 175 Å². The van der Waals surface area contributed by atoms with E-state index in [0.29, 0.717) is 24.0 Å². The number of fused-ring (bicyclic) bond motifs is 1. The van der Waals surface area contributed by atoms with E-state index in [1.54, 1.807) is 31.2 Å². The first-order chi connectivity index (χ1) is 17.2. The van der Waals surface area contributed by atoms with Gasteiger partial charge in [-0.05, 0) is 38.3 Å². The summed E-state index contributed by atoms with van der Waals surface area (Å²) in [5.41, 5.74) is 1.99. The van der Waals surface area contributed by atoms with Gasteiger partial charge in [-0.2, -0.15) is 0 Å². The van der Waals surface area contributed by atoms with E-state index in [1.807, 2.05) is 6.92 Å². The van der Waals surface area contributed by atoms with Gasteiger partial charge in [-0.15, -0.1) is 0 Å². The second-order valence-electron chi connectivity index (χ2n) is 9.24. The number of aliphatic hydroxyl groups is 6. The van der Waals surface area contributed by atoms with Crippen LogP contribution in [0.25, 0.3) is 0 Å². The number of aliphatic hydroxyl groups excluding tert-OH is 6. The van der Waals surface area contributed by atoms with Crippen molar-refractivity contribution in [2.24, 2.45) is 11.8 Å². The SMILES string of the molecule is C/C(=C\CO)CC/C=C(\C)C(=O)OCC1=C[C@@H](O)[C@@H]2C=CO[C@@H](O[C@@H]3O[C@H](CO)[C@@H](O)[C@H](O)[C@H]3O)[C@H]12. The number of allylic oxidation sites excluding steroid dienone is 2. The van der Waals surface area contributed by atoms with Crippen molar-refractivity contribution in [2.45, 2.75) is 69.8 Å². The quantitative estimate of drug-likeness (QED) is 0.125. The van der Waals surface area contributed by atoms with Crippen molar-refractivity contribution in [3.8, 4) is 0 Å². The lowest BCUT2D eigenvalue weighted by atomic mass is 9.88. The van der Waals surface area contributed by atoms with Crippen molar-refractivity contribution in [2.75, 3.05) is 19.8 Å². The van der Waals surface area contributed by atoms with Crippen LogP contribution >= 0.6 is 0 Å². The van der Waals surface area contributed by atoms with Gasteiger partial charge in [0.15, 0.2) is 6.29 Å². The number of carbonyl (C=O) groups is 1. The maximum atomic E-state index is 12.5. The summed E-state index contributed by atoms with van der Waals surface area (Å²) in [6, 6.07) is 0. The van der Waals surface area contributed by atoms with Gasteiger partial charge in [-0.1, -0.05) is 23.8 Å². The minimum absolute atomic E-state index is 0.0281. The summed E-state index contributed by atoms with van der Waals surface area (Å²) in [5, 5.41) is 59.2. The summed E-state index contributed by atoms with van der Waals surface area (Å²) in [6.45, 7) is 2.78. The van der Waals surface area contributed by atoms with E-state index in [-0.39, 0.29) is 13.2 Å². The van der Waals surface area contributed by atoms with Crippen molar-refractivity contribution < 1.29 is 54.4 Å². The van der Waals surface area contributed by atoms with Crippen LogP contribution in [0.1, 0.15) is 26.7 Å². The maximum Gasteiger partial charge on any atom is 0.333 e. The molecule has 0 aromatic rings. The Labute approximate surface area is 209 Å². The van der Waals surface area contributed by atoms with Crippen LogP contribution in [0.4, 0.5) is 0 Å². The van der Waals surface area contributed by atoms with Crippen LogP contribution in [0.15, 0.2) is 47.3 Å². The highest BCUT2D eigenvalue weighted by molar-refractivity contribution is 5.87. The number of ether oxygens (including phenoxy) is 4. The number of esters is 1. The van der Waals surface area contributed by atoms with Gasteiger partial charge < -0.3 is 49.6 Å². The number of carbonyl (C=O) groups excluding carboxylic acids is 1. The number of rotatable bonds is 10. The Kier molecular flexibility index (Phi) is 10.2. The van der Waals surface area contributed by atoms with Crippen LogP contribution in [-0.2, 0) is 23.7 Å². The Hall–Kier alpha value is -2.09. The highest BCUT2D eigenvalue weighted by atomic mass is 16.8. The third-order valence-electron chi connectivity index (χ3n) is 6.67. The Bertz CT molecular complexity index is 877. The van der Waals surface area contributed by atoms with Gasteiger partial charge in [0.1, 0.15) is 31.0 Å². The Morgan fingerprint density at radius 1 is 1.06 bits per heavy atom. The summed E-state index contributed by atoms with van der Waals surface area (Å²) in [6.07, 6.45) is 0.0670. The minimum atomic E-state index is -1.61. The lowest BCUT2D eigenvalue weighted by Crippen LogP contribution is -2.60. The van der Waals surface area contributed by atoms with Crippen LogP contribution in [0, 0.1) is 11.8 Å². The van der Waals surface area contributed by atoms with Gasteiger partial charge in [0, 0.05) is 11.5 Å². The second kappa shape index (κ2) is 12.9. The molecule has 0 aromatic carbocycles. The predicted octanol–water partition coefficient (Wildman–Crippen LogP) is -0.585. The predicted molar refractivity (Wildman–Crippen MR) is 125 cm³/mol. The van der Waals surface area contributed by atoms with Crippen LogP contribution in [0.2, 0.25) is 0 Å². The van der Waals surface area contributed by atoms with Crippen LogP contribution < -0.4 is 0 Å². The molecule has 1 fully saturated rings. The fourth-order valence-corrected chi connectivity index (χ4v) is 4.48. The van der Waals surface area contributed by atoms with Crippen molar-refractivity contribution in [1.82, 2.24) is 0 Å². The molecule has 2 heterocycles. The average molecular weight is 513 g/mol. The van der Waals surface area contributed by atoms with E-state index < -0.39 is 67.5 Å². The van der Waals surface area contributed by atoms with E-state index in [2.05, 4.69) is 0 Å². The third kappa shape index (κ3) is 6.61. The van der Waals surface area contributed by atoms with Gasteiger partial charge in [0.2, 0.25) is 6.29 Å². The van der Waals surface area contributed by atoms with Crippen LogP contribution in [0.3, 0.4) is 0 Å². The fourth-order valence-electron chi connectivity index (χ4n) is 4.48. The first kappa shape index (κ1) is 28.5. The Balaban J connectivity index is 1.63. The zero-order chi connectivity index (χ0) is 26.4. The molecule has 3 aliphatic rings. The molecule has 0 bridgehead atoms. The summed E-state index contributed by atoms with van der Waals surface area (Å²) >= 11 is 0. The zero-order valence-corrected chi connectivity index (χ0v) is 20.3. The summed E-state index contributed by atoms with van der Waals surface area (Å²) < 4.78 is 22.2. The molecule has 11 nitrogen and oxygen atoms in total. The van der Waals surface area contributed by atoms with Crippen LogP contribution in [-0.4, -0.2) is 99.5 Å². The molecule has 36 heavy (non-hydrogen) atoms. The summed E-state index contributed by atoms with van der Waals surface area (Å²) in [7, 11) is 0. The van der Waals surface area contributed by atoms with E-state index in [1.165, 1.54) is 6.26 Å². The average Bonchev–Trinajstić information content (AvgIpc) is 3.19. The van der Waals surface area contributed by atoms with Gasteiger partial charge in [-0.3, -0.25) is 0 Å². The van der Waals surface area contributed by atoms with Crippen molar-refractivity contribution in [3.63, 3.8) is 0 Å². The van der Waals surface area contributed by atoms with Gasteiger partial charge in [0.05, 0.1) is 31.5 Å². The number of hydrogen-bond donors (Lipinski definition) is 6. The molecule has 3 rings (SSSR count). The monoisotopic (exact) mass is 512 g/mol. The fraction of sp³-hybridized carbons (Fsp3) is 0.640. The van der Waals surface area contributed by atoms with Crippen molar-refractivity contribution in [3.05, 3.63) is 47.3 Å². The zero-order valence-electron chi connectivity index (χ0n) is 20.3. The molecule has 9 atom stereocenters. The molecule has 0 unspecified atom stereocenters. The number of hydrogen-bond acceptors (Lipinski definition) is 11. The smallest absolute Gasteiger partial charge is 0.333 e. The third-order valence-corrected chi connectivity index (χ3v) is 6.67. The first-order valence-corrected chi connectivity index (χ1v) is 11.9. The molecule has 0 amide bonds. The normalized spacial score (nSPS) is 36.8. The minimum Gasteiger partial charge on any atom is -0.472 e. The van der Waals surface area contributed by atoms with Gasteiger partial charge in [0.25, 0.3) is 0 Å². The first-order valence-electron chi connectivity index (χ1n) is 11.9. The molecule has 1 aliphatic carbocycles. The van der Waals surface area contributed by atoms with Crippen molar-refractivity contribution >= 4 is 5.97 Å². The summed E-state index contributed by atoms with van der Waals surface area (Å²) in [5.74, 6) is -1.54. The highest BCUT2D eigenvalue weighted by Gasteiger charge is 2.49. The lowest BCUT2D eigenvalue weighted by Gasteiger charge is -2.42. The lowest BCUT2D eigenvalue weighted by molar-refractivity contribution is -0.339. The summed E-state index contributed by atoms with van der Waals surface area (Å²) in [4.78, 5) is 12.5. The molecule has 0 aromatic heterocycles. The second-order valence-corrected chi connectivity index (χ2v) is 9.24. The maximum absolute atomic E-state index is 12.5. The van der Waals surface area contributed by atoms with E-state index in [0.717, 1.165) is 5.57 Å². The van der Waals surface area contributed by atoms with E-state index >= 15 is 0 Å². The molecule has 0 radical (unpaired) electrons. The standard InChI is InChI=1S/C25H36O11/c1-13(6-8-26)4-3-5-14(2)23(32)34-12-15-10-17(28)16-7-9-33-24(19(15)16)36-25-22(31)21(30)20(29)18(11-27)35-25/h5-7,9-10,16-22,24-31H,3-4,8,11-12H2,1-2H3/b13-6+,14-5+/t16-,17+,18+,19+,20+,21-,22+,24-,25-/m0/s1. The molecule has 2 aliphatic heterocycles. The Morgan fingerprint density at radius 3 is 2.50 bits per heavy atom. The molecular weight excluding hydrogens is 476 g/mol. The molecule has 0 spiro atoms. The molecule has 0 saturated carbocycles. The molecule has 202 valence electrons. The molecular formula is C25H36O11. The molecule has 11 heteroatoms. The van der Waals surface area contributed by atoms with Crippen LogP contribution in [0.5, 0.6) is 0 Å².